The van der Waals surface area contributed by atoms with Crippen LogP contribution >= 0.6 is 11.3 Å². The Bertz CT molecular complexity index is 866. The Labute approximate surface area is 156 Å². The number of Topliss-reactive ketones (excluding diaryl/α,β-unsaturated/α-hetero) is 2. The summed E-state index contributed by atoms with van der Waals surface area (Å²) in [6, 6.07) is 7.31. The third kappa shape index (κ3) is 4.25. The molecule has 2 aromatic rings. The topological polar surface area (TPSA) is 76.1 Å². The molecule has 1 N–H and O–H groups in total. The monoisotopic (exact) mass is 370 g/mol. The summed E-state index contributed by atoms with van der Waals surface area (Å²) in [6.07, 6.45) is 1.47. The van der Waals surface area contributed by atoms with Crippen LogP contribution in [-0.4, -0.2) is 22.5 Å². The minimum absolute atomic E-state index is 0.0597. The molecule has 1 aliphatic carbocycles. The zero-order valence-corrected chi connectivity index (χ0v) is 16.0. The Morgan fingerprint density at radius 3 is 2.54 bits per heavy atom. The van der Waals surface area contributed by atoms with Gasteiger partial charge >= 0.3 is 0 Å². The van der Waals surface area contributed by atoms with Crippen molar-refractivity contribution in [3.8, 4) is 0 Å². The van der Waals surface area contributed by atoms with Crippen LogP contribution in [0.1, 0.15) is 64.4 Å². The van der Waals surface area contributed by atoms with E-state index in [1.165, 1.54) is 11.3 Å². The minimum Gasteiger partial charge on any atom is -0.302 e. The Hall–Kier alpha value is -2.34. The smallest absolute Gasteiger partial charge is 0.226 e. The molecule has 1 aliphatic rings. The SMILES string of the molecule is Cc1ccc(C(=O)CCC(=O)Nc2nc3c(s2)C(=O)CC(C)(C)C3)cc1. The Morgan fingerprint density at radius 1 is 1.15 bits per heavy atom. The summed E-state index contributed by atoms with van der Waals surface area (Å²) in [7, 11) is 0. The Balaban J connectivity index is 1.58. The molecule has 0 saturated carbocycles. The average Bonchev–Trinajstić information content (AvgIpc) is 2.94. The molecule has 5 nitrogen and oxygen atoms in total. The molecule has 0 bridgehead atoms. The number of carbonyl (C=O) groups excluding carboxylic acids is 3. The highest BCUT2D eigenvalue weighted by Gasteiger charge is 2.34. The third-order valence-corrected chi connectivity index (χ3v) is 5.49. The lowest BCUT2D eigenvalue weighted by Crippen LogP contribution is -2.26. The van der Waals surface area contributed by atoms with E-state index in [-0.39, 0.29) is 35.7 Å². The number of amides is 1. The number of rotatable bonds is 5. The van der Waals surface area contributed by atoms with Crippen molar-refractivity contribution < 1.29 is 14.4 Å². The zero-order valence-electron chi connectivity index (χ0n) is 15.2. The van der Waals surface area contributed by atoms with Crippen LogP contribution in [0.3, 0.4) is 0 Å². The van der Waals surface area contributed by atoms with Gasteiger partial charge in [-0.05, 0) is 18.8 Å². The highest BCUT2D eigenvalue weighted by molar-refractivity contribution is 7.17. The largest absolute Gasteiger partial charge is 0.302 e. The lowest BCUT2D eigenvalue weighted by atomic mass is 9.78. The number of ketones is 2. The normalized spacial score (nSPS) is 15.4. The number of hydrogen-bond acceptors (Lipinski definition) is 5. The standard InChI is InChI=1S/C20H22N2O3S/c1-12-4-6-13(7-5-12)15(23)8-9-17(25)22-19-21-14-10-20(2,3)11-16(24)18(14)26-19/h4-7H,8-11H2,1-3H3,(H,21,22,25). The molecular formula is C20H22N2O3S. The van der Waals surface area contributed by atoms with Gasteiger partial charge in [-0.25, -0.2) is 4.98 Å². The van der Waals surface area contributed by atoms with E-state index in [1.54, 1.807) is 12.1 Å². The van der Waals surface area contributed by atoms with Crippen molar-refractivity contribution >= 4 is 33.9 Å². The van der Waals surface area contributed by atoms with Crippen molar-refractivity contribution in [3.63, 3.8) is 0 Å². The van der Waals surface area contributed by atoms with Gasteiger partial charge in [-0.3, -0.25) is 14.4 Å². The molecule has 0 saturated heterocycles. The van der Waals surface area contributed by atoms with E-state index in [0.717, 1.165) is 17.7 Å². The number of carbonyl (C=O) groups is 3. The number of aryl methyl sites for hydroxylation is 1. The molecular weight excluding hydrogens is 348 g/mol. The van der Waals surface area contributed by atoms with Gasteiger partial charge in [0.25, 0.3) is 0 Å². The van der Waals surface area contributed by atoms with Gasteiger partial charge in [0.1, 0.15) is 0 Å². The van der Waals surface area contributed by atoms with Crippen molar-refractivity contribution in [2.45, 2.75) is 46.5 Å². The fourth-order valence-corrected chi connectivity index (χ4v) is 4.00. The second kappa shape index (κ2) is 7.11. The van der Waals surface area contributed by atoms with Gasteiger partial charge in [0.15, 0.2) is 16.7 Å². The molecule has 0 spiro atoms. The number of fused-ring (bicyclic) bond motifs is 1. The highest BCUT2D eigenvalue weighted by atomic mass is 32.1. The second-order valence-corrected chi connectivity index (χ2v) is 8.57. The van der Waals surface area contributed by atoms with Crippen LogP contribution in [-0.2, 0) is 11.2 Å². The van der Waals surface area contributed by atoms with Gasteiger partial charge in [0, 0.05) is 24.8 Å². The van der Waals surface area contributed by atoms with E-state index in [9.17, 15) is 14.4 Å². The minimum atomic E-state index is -0.261. The van der Waals surface area contributed by atoms with Crippen LogP contribution in [0.5, 0.6) is 0 Å². The number of nitrogens with one attached hydrogen (secondary N) is 1. The average molecular weight is 370 g/mol. The summed E-state index contributed by atoms with van der Waals surface area (Å²) in [6.45, 7) is 6.05. The lowest BCUT2D eigenvalue weighted by Gasteiger charge is -2.26. The highest BCUT2D eigenvalue weighted by Crippen LogP contribution is 2.38. The summed E-state index contributed by atoms with van der Waals surface area (Å²) in [5.41, 5.74) is 2.37. The van der Waals surface area contributed by atoms with Gasteiger partial charge in [-0.2, -0.15) is 0 Å². The van der Waals surface area contributed by atoms with Gasteiger partial charge < -0.3 is 5.32 Å². The molecule has 0 unspecified atom stereocenters. The third-order valence-electron chi connectivity index (χ3n) is 4.43. The van der Waals surface area contributed by atoms with Crippen LogP contribution in [0, 0.1) is 12.3 Å². The van der Waals surface area contributed by atoms with E-state index < -0.39 is 0 Å². The molecule has 0 atom stereocenters. The van der Waals surface area contributed by atoms with E-state index in [1.807, 2.05) is 32.9 Å². The first-order valence-corrected chi connectivity index (χ1v) is 9.48. The Kier molecular flexibility index (Phi) is 5.05. The summed E-state index contributed by atoms with van der Waals surface area (Å²) in [5.74, 6) is -0.234. The van der Waals surface area contributed by atoms with Crippen molar-refractivity contribution in [2.24, 2.45) is 5.41 Å². The van der Waals surface area contributed by atoms with Crippen molar-refractivity contribution in [3.05, 3.63) is 46.0 Å². The van der Waals surface area contributed by atoms with Crippen LogP contribution < -0.4 is 5.32 Å². The maximum absolute atomic E-state index is 12.2. The van der Waals surface area contributed by atoms with E-state index >= 15 is 0 Å². The molecule has 6 heteroatoms. The number of anilines is 1. The van der Waals surface area contributed by atoms with E-state index in [4.69, 9.17) is 0 Å². The van der Waals surface area contributed by atoms with E-state index in [2.05, 4.69) is 10.3 Å². The lowest BCUT2D eigenvalue weighted by molar-refractivity contribution is -0.116. The second-order valence-electron chi connectivity index (χ2n) is 7.57. The first-order valence-electron chi connectivity index (χ1n) is 8.66. The fraction of sp³-hybridized carbons (Fsp3) is 0.400. The Morgan fingerprint density at radius 2 is 1.85 bits per heavy atom. The van der Waals surface area contributed by atoms with Crippen molar-refractivity contribution in [2.75, 3.05) is 5.32 Å². The first-order chi connectivity index (χ1) is 12.2. The summed E-state index contributed by atoms with van der Waals surface area (Å²) >= 11 is 1.23. The van der Waals surface area contributed by atoms with Gasteiger partial charge in [0.2, 0.25) is 5.91 Å². The molecule has 136 valence electrons. The zero-order chi connectivity index (χ0) is 18.9. The quantitative estimate of drug-likeness (QED) is 0.800. The molecule has 3 rings (SSSR count). The van der Waals surface area contributed by atoms with Crippen molar-refractivity contribution in [1.82, 2.24) is 4.98 Å². The maximum Gasteiger partial charge on any atom is 0.226 e. The summed E-state index contributed by atoms with van der Waals surface area (Å²) < 4.78 is 0. The molecule has 0 aliphatic heterocycles. The molecule has 0 radical (unpaired) electrons. The molecule has 0 fully saturated rings. The number of nitrogens with zero attached hydrogens (tertiary/aromatic N) is 1. The maximum atomic E-state index is 12.2. The van der Waals surface area contributed by atoms with Crippen LogP contribution in [0.25, 0.3) is 0 Å². The molecule has 1 aromatic heterocycles. The molecule has 1 amide bonds. The molecule has 26 heavy (non-hydrogen) atoms. The first kappa shape index (κ1) is 18.5. The summed E-state index contributed by atoms with van der Waals surface area (Å²) in [4.78, 5) is 41.6. The van der Waals surface area contributed by atoms with Gasteiger partial charge in [0.05, 0.1) is 10.6 Å². The van der Waals surface area contributed by atoms with Crippen molar-refractivity contribution in [1.29, 1.82) is 0 Å². The number of aromatic nitrogens is 1. The van der Waals surface area contributed by atoms with E-state index in [0.29, 0.717) is 22.0 Å². The summed E-state index contributed by atoms with van der Waals surface area (Å²) in [5, 5.41) is 3.17. The number of hydrogen-bond donors (Lipinski definition) is 1. The van der Waals surface area contributed by atoms with Crippen LogP contribution in [0.15, 0.2) is 24.3 Å². The predicted molar refractivity (Wildman–Crippen MR) is 102 cm³/mol. The van der Waals surface area contributed by atoms with Gasteiger partial charge in [-0.15, -0.1) is 0 Å². The molecule has 1 aromatic carbocycles. The van der Waals surface area contributed by atoms with Crippen LogP contribution in [0.4, 0.5) is 5.13 Å². The fourth-order valence-electron chi connectivity index (χ4n) is 3.07. The number of thiazole rings is 1. The van der Waals surface area contributed by atoms with Crippen LogP contribution in [0.2, 0.25) is 0 Å². The predicted octanol–water partition coefficient (Wildman–Crippen LogP) is 4.21. The molecule has 1 heterocycles. The van der Waals surface area contributed by atoms with Gasteiger partial charge in [-0.1, -0.05) is 55.0 Å². The number of benzene rings is 1.